The van der Waals surface area contributed by atoms with E-state index in [4.69, 9.17) is 6.42 Å². The zero-order valence-electron chi connectivity index (χ0n) is 5.17. The van der Waals surface area contributed by atoms with E-state index in [2.05, 4.69) is 5.92 Å². The van der Waals surface area contributed by atoms with Crippen LogP contribution in [0.5, 0.6) is 0 Å². The van der Waals surface area contributed by atoms with Crippen LogP contribution < -0.4 is 0 Å². The summed E-state index contributed by atoms with van der Waals surface area (Å²) < 4.78 is 12.0. The van der Waals surface area contributed by atoms with Gasteiger partial charge in [0.25, 0.3) is 0 Å². The zero-order valence-corrected chi connectivity index (χ0v) is 5.99. The van der Waals surface area contributed by atoms with E-state index >= 15 is 0 Å². The van der Waals surface area contributed by atoms with Gasteiger partial charge < -0.3 is 0 Å². The van der Waals surface area contributed by atoms with E-state index in [1.54, 1.807) is 24.3 Å². The molecule has 0 unspecified atom stereocenters. The second-order valence-corrected chi connectivity index (χ2v) is 2.31. The highest BCUT2D eigenvalue weighted by molar-refractivity contribution is 7.94. The van der Waals surface area contributed by atoms with Crippen molar-refractivity contribution in [3.63, 3.8) is 0 Å². The third-order valence-electron chi connectivity index (χ3n) is 1.13. The zero-order chi connectivity index (χ0) is 7.40. The van der Waals surface area contributed by atoms with Gasteiger partial charge in [-0.2, -0.15) is 3.89 Å². The Morgan fingerprint density at radius 2 is 2.10 bits per heavy atom. The minimum atomic E-state index is 0.177. The Morgan fingerprint density at radius 3 is 2.60 bits per heavy atom. The molecule has 0 radical (unpaired) electrons. The lowest BCUT2D eigenvalue weighted by Crippen LogP contribution is -1.75. The maximum Gasteiger partial charge on any atom is 0.0825 e. The molecule has 0 saturated carbocycles. The van der Waals surface area contributed by atoms with Crippen molar-refractivity contribution < 1.29 is 3.89 Å². The van der Waals surface area contributed by atoms with Crippen LogP contribution in [0.4, 0.5) is 3.89 Å². The maximum atomic E-state index is 12.0. The number of terminal acetylenes is 1. The predicted molar refractivity (Wildman–Crippen MR) is 41.3 cm³/mol. The summed E-state index contributed by atoms with van der Waals surface area (Å²) in [4.78, 5) is 0.505. The molecule has 0 N–H and O–H groups in total. The van der Waals surface area contributed by atoms with Crippen LogP contribution in [0, 0.1) is 12.3 Å². The molecule has 0 nitrogen and oxygen atoms in total. The SMILES string of the molecule is C#Cc1ccccc1SF. The molecule has 0 heterocycles. The largest absolute Gasteiger partial charge is 0.160 e. The average Bonchev–Trinajstić information content (AvgIpc) is 2.04. The third kappa shape index (κ3) is 1.31. The highest BCUT2D eigenvalue weighted by Crippen LogP contribution is 2.21. The van der Waals surface area contributed by atoms with E-state index in [-0.39, 0.29) is 12.1 Å². The number of hydrogen-bond donors (Lipinski definition) is 0. The standard InChI is InChI=1S/C8H5FS/c1-2-7-5-3-4-6-8(7)10-9/h1,3-6H. The molecule has 0 amide bonds. The first kappa shape index (κ1) is 7.17. The second kappa shape index (κ2) is 3.28. The van der Waals surface area contributed by atoms with Crippen molar-refractivity contribution in [2.75, 3.05) is 0 Å². The summed E-state index contributed by atoms with van der Waals surface area (Å²) in [6.07, 6.45) is 5.10. The van der Waals surface area contributed by atoms with Gasteiger partial charge in [-0.25, -0.2) is 0 Å². The first-order chi connectivity index (χ1) is 4.88. The van der Waals surface area contributed by atoms with Crippen LogP contribution in [0.3, 0.4) is 0 Å². The van der Waals surface area contributed by atoms with E-state index in [0.29, 0.717) is 10.5 Å². The van der Waals surface area contributed by atoms with Gasteiger partial charge in [-0.3, -0.25) is 0 Å². The highest BCUT2D eigenvalue weighted by Gasteiger charge is 1.96. The van der Waals surface area contributed by atoms with Gasteiger partial charge >= 0.3 is 0 Å². The van der Waals surface area contributed by atoms with E-state index in [0.717, 1.165) is 0 Å². The summed E-state index contributed by atoms with van der Waals surface area (Å²) in [7, 11) is 0. The lowest BCUT2D eigenvalue weighted by Gasteiger charge is -1.94. The second-order valence-electron chi connectivity index (χ2n) is 1.72. The normalized spacial score (nSPS) is 8.80. The summed E-state index contributed by atoms with van der Waals surface area (Å²) in [6, 6.07) is 6.90. The van der Waals surface area contributed by atoms with Crippen molar-refractivity contribution >= 4 is 12.1 Å². The number of rotatable bonds is 1. The van der Waals surface area contributed by atoms with Crippen molar-refractivity contribution in [1.82, 2.24) is 0 Å². The van der Waals surface area contributed by atoms with Crippen LogP contribution in [0.25, 0.3) is 0 Å². The van der Waals surface area contributed by atoms with Gasteiger partial charge in [0.05, 0.1) is 17.0 Å². The lowest BCUT2D eigenvalue weighted by atomic mass is 10.2. The van der Waals surface area contributed by atoms with Crippen LogP contribution in [-0.4, -0.2) is 0 Å². The first-order valence-corrected chi connectivity index (χ1v) is 3.44. The molecule has 0 aliphatic carbocycles. The molecule has 0 spiro atoms. The molecule has 0 aliphatic rings. The van der Waals surface area contributed by atoms with E-state index in [1.807, 2.05) is 0 Å². The van der Waals surface area contributed by atoms with Crippen LogP contribution in [0.2, 0.25) is 0 Å². The topological polar surface area (TPSA) is 0 Å². The van der Waals surface area contributed by atoms with Crippen molar-refractivity contribution in [3.05, 3.63) is 29.8 Å². The Hall–Kier alpha value is -0.940. The Morgan fingerprint density at radius 1 is 1.40 bits per heavy atom. The Kier molecular flexibility index (Phi) is 2.35. The molecule has 0 bridgehead atoms. The molecular formula is C8H5FS. The minimum absolute atomic E-state index is 0.177. The van der Waals surface area contributed by atoms with Crippen LogP contribution >= 0.6 is 12.1 Å². The van der Waals surface area contributed by atoms with Crippen molar-refractivity contribution in [1.29, 1.82) is 0 Å². The van der Waals surface area contributed by atoms with E-state index in [9.17, 15) is 3.89 Å². The molecule has 0 saturated heterocycles. The molecule has 0 aliphatic heterocycles. The lowest BCUT2D eigenvalue weighted by molar-refractivity contribution is 0.933. The van der Waals surface area contributed by atoms with Crippen molar-refractivity contribution in [3.8, 4) is 12.3 Å². The summed E-state index contributed by atoms with van der Waals surface area (Å²) in [6.45, 7) is 0. The average molecular weight is 152 g/mol. The maximum absolute atomic E-state index is 12.0. The summed E-state index contributed by atoms with van der Waals surface area (Å²) in [5, 5.41) is 0. The molecule has 50 valence electrons. The van der Waals surface area contributed by atoms with E-state index < -0.39 is 0 Å². The van der Waals surface area contributed by atoms with Gasteiger partial charge in [0, 0.05) is 5.56 Å². The Bertz CT molecular complexity index is 262. The quantitative estimate of drug-likeness (QED) is 0.557. The highest BCUT2D eigenvalue weighted by atomic mass is 32.2. The third-order valence-corrected chi connectivity index (χ3v) is 1.65. The van der Waals surface area contributed by atoms with Crippen molar-refractivity contribution in [2.24, 2.45) is 0 Å². The molecule has 0 atom stereocenters. The summed E-state index contributed by atoms with van der Waals surface area (Å²) in [5.74, 6) is 2.39. The van der Waals surface area contributed by atoms with E-state index in [1.165, 1.54) is 0 Å². The minimum Gasteiger partial charge on any atom is -0.160 e. The fourth-order valence-electron chi connectivity index (χ4n) is 0.653. The molecule has 1 aromatic carbocycles. The smallest absolute Gasteiger partial charge is 0.0825 e. The number of hydrogen-bond acceptors (Lipinski definition) is 1. The number of benzene rings is 1. The molecule has 2 heteroatoms. The summed E-state index contributed by atoms with van der Waals surface area (Å²) >= 11 is 0.177. The van der Waals surface area contributed by atoms with Gasteiger partial charge in [-0.05, 0) is 12.1 Å². The van der Waals surface area contributed by atoms with Crippen LogP contribution in [0.15, 0.2) is 29.2 Å². The van der Waals surface area contributed by atoms with Crippen LogP contribution in [0.1, 0.15) is 5.56 Å². The fraction of sp³-hybridized carbons (Fsp3) is 0. The van der Waals surface area contributed by atoms with Gasteiger partial charge in [0.1, 0.15) is 0 Å². The first-order valence-electron chi connectivity index (χ1n) is 2.72. The molecule has 1 aromatic rings. The molecule has 0 aromatic heterocycles. The number of halogens is 1. The molecule has 1 rings (SSSR count). The van der Waals surface area contributed by atoms with Crippen molar-refractivity contribution in [2.45, 2.75) is 4.90 Å². The monoisotopic (exact) mass is 152 g/mol. The molecule has 0 fully saturated rings. The Labute approximate surface area is 63.7 Å². The van der Waals surface area contributed by atoms with Gasteiger partial charge in [0.2, 0.25) is 0 Å². The predicted octanol–water partition coefficient (Wildman–Crippen LogP) is 2.64. The fourth-order valence-corrected chi connectivity index (χ4v) is 0.993. The van der Waals surface area contributed by atoms with Crippen LogP contribution in [-0.2, 0) is 0 Å². The summed E-state index contributed by atoms with van der Waals surface area (Å²) in [5.41, 5.74) is 0.606. The van der Waals surface area contributed by atoms with Gasteiger partial charge in [-0.15, -0.1) is 6.42 Å². The van der Waals surface area contributed by atoms with Gasteiger partial charge in [0.15, 0.2) is 0 Å². The Balaban J connectivity index is 3.12. The molecule has 10 heavy (non-hydrogen) atoms. The van der Waals surface area contributed by atoms with Gasteiger partial charge in [-0.1, -0.05) is 18.1 Å². The molecular weight excluding hydrogens is 147 g/mol.